The van der Waals surface area contributed by atoms with E-state index >= 15 is 0 Å². The Morgan fingerprint density at radius 2 is 1.81 bits per heavy atom. The van der Waals surface area contributed by atoms with Gasteiger partial charge < -0.3 is 10.2 Å². The molecule has 2 heterocycles. The molecule has 0 atom stereocenters. The Kier molecular flexibility index (Phi) is 6.42. The summed E-state index contributed by atoms with van der Waals surface area (Å²) in [5, 5.41) is 3.67. The Bertz CT molecular complexity index is 1090. The number of carbonyl (C=O) groups excluding carboxylic acids is 2. The zero-order chi connectivity index (χ0) is 21.8. The Hall–Kier alpha value is -3.06. The van der Waals surface area contributed by atoms with Gasteiger partial charge in [-0.3, -0.25) is 14.2 Å². The number of benzene rings is 2. The van der Waals surface area contributed by atoms with Crippen molar-refractivity contribution in [1.82, 2.24) is 14.5 Å². The Morgan fingerprint density at radius 3 is 2.55 bits per heavy atom. The molecule has 0 radical (unpaired) electrons. The Labute approximate surface area is 186 Å². The van der Waals surface area contributed by atoms with E-state index in [1.807, 2.05) is 21.7 Å². The van der Waals surface area contributed by atoms with E-state index in [2.05, 4.69) is 36.3 Å². The van der Waals surface area contributed by atoms with Crippen LogP contribution in [0.4, 0.5) is 5.69 Å². The van der Waals surface area contributed by atoms with Gasteiger partial charge in [0.05, 0.1) is 11.4 Å². The van der Waals surface area contributed by atoms with Crippen LogP contribution < -0.4 is 5.32 Å². The molecule has 1 aliphatic heterocycles. The first-order valence-electron chi connectivity index (χ1n) is 10.4. The highest BCUT2D eigenvalue weighted by Crippen LogP contribution is 2.24. The highest BCUT2D eigenvalue weighted by atomic mass is 32.2. The molecule has 1 fully saturated rings. The molecule has 0 unspecified atom stereocenters. The predicted octanol–water partition coefficient (Wildman–Crippen LogP) is 4.46. The number of aromatic nitrogens is 2. The lowest BCUT2D eigenvalue weighted by atomic mass is 10.1. The SMILES string of the molecule is Cc1cccc(-n2ccnc2SCC(=O)Nc2ccc(C(=O)N3CCCC3)cc2)c1C. The van der Waals surface area contributed by atoms with Crippen LogP contribution in [0.25, 0.3) is 5.69 Å². The monoisotopic (exact) mass is 434 g/mol. The standard InChI is InChI=1S/C24H26N4O2S/c1-17-6-5-7-21(18(17)2)28-15-12-25-24(28)31-16-22(29)26-20-10-8-19(9-11-20)23(30)27-13-3-4-14-27/h5-12,15H,3-4,13-14,16H2,1-2H3,(H,26,29). The smallest absolute Gasteiger partial charge is 0.253 e. The average Bonchev–Trinajstić information content (AvgIpc) is 3.46. The highest BCUT2D eigenvalue weighted by Gasteiger charge is 2.19. The number of hydrogen-bond acceptors (Lipinski definition) is 4. The second-order valence-electron chi connectivity index (χ2n) is 7.71. The van der Waals surface area contributed by atoms with Gasteiger partial charge in [0.15, 0.2) is 5.16 Å². The van der Waals surface area contributed by atoms with E-state index in [9.17, 15) is 9.59 Å². The largest absolute Gasteiger partial charge is 0.339 e. The van der Waals surface area contributed by atoms with E-state index in [0.717, 1.165) is 36.8 Å². The molecule has 31 heavy (non-hydrogen) atoms. The van der Waals surface area contributed by atoms with Crippen LogP contribution in [-0.4, -0.2) is 45.1 Å². The third kappa shape index (κ3) is 4.82. The fourth-order valence-corrected chi connectivity index (χ4v) is 4.47. The van der Waals surface area contributed by atoms with E-state index in [4.69, 9.17) is 0 Å². The molecule has 1 aliphatic rings. The number of anilines is 1. The Balaban J connectivity index is 1.36. The van der Waals surface area contributed by atoms with Crippen molar-refractivity contribution in [3.63, 3.8) is 0 Å². The number of thioether (sulfide) groups is 1. The van der Waals surface area contributed by atoms with Crippen LogP contribution >= 0.6 is 11.8 Å². The molecule has 7 heteroatoms. The van der Waals surface area contributed by atoms with Gasteiger partial charge in [-0.1, -0.05) is 23.9 Å². The minimum Gasteiger partial charge on any atom is -0.339 e. The van der Waals surface area contributed by atoms with Crippen molar-refractivity contribution >= 4 is 29.3 Å². The summed E-state index contributed by atoms with van der Waals surface area (Å²) in [5.41, 5.74) is 4.81. The fraction of sp³-hybridized carbons (Fsp3) is 0.292. The fourth-order valence-electron chi connectivity index (χ4n) is 3.70. The van der Waals surface area contributed by atoms with Crippen molar-refractivity contribution in [2.45, 2.75) is 31.8 Å². The molecule has 1 aromatic heterocycles. The molecule has 0 aliphatic carbocycles. The Morgan fingerprint density at radius 1 is 1.06 bits per heavy atom. The molecular weight excluding hydrogens is 408 g/mol. The van der Waals surface area contributed by atoms with Crippen LogP contribution in [0, 0.1) is 13.8 Å². The summed E-state index contributed by atoms with van der Waals surface area (Å²) in [7, 11) is 0. The number of hydrogen-bond donors (Lipinski definition) is 1. The second kappa shape index (κ2) is 9.39. The highest BCUT2D eigenvalue weighted by molar-refractivity contribution is 7.99. The number of rotatable bonds is 6. The molecule has 0 bridgehead atoms. The van der Waals surface area contributed by atoms with Gasteiger partial charge >= 0.3 is 0 Å². The van der Waals surface area contributed by atoms with Crippen molar-refractivity contribution in [1.29, 1.82) is 0 Å². The summed E-state index contributed by atoms with van der Waals surface area (Å²) >= 11 is 1.39. The molecule has 160 valence electrons. The molecule has 0 spiro atoms. The van der Waals surface area contributed by atoms with Gasteiger partial charge in [0.1, 0.15) is 0 Å². The normalized spacial score (nSPS) is 13.4. The summed E-state index contributed by atoms with van der Waals surface area (Å²) in [5.74, 6) is 0.194. The average molecular weight is 435 g/mol. The van der Waals surface area contributed by atoms with Crippen LogP contribution in [0.2, 0.25) is 0 Å². The first kappa shape index (κ1) is 21.2. The first-order valence-corrected chi connectivity index (χ1v) is 11.4. The topological polar surface area (TPSA) is 67.2 Å². The van der Waals surface area contributed by atoms with E-state index in [1.165, 1.54) is 22.9 Å². The maximum Gasteiger partial charge on any atom is 0.253 e. The van der Waals surface area contributed by atoms with Crippen LogP contribution in [0.1, 0.15) is 34.3 Å². The quantitative estimate of drug-likeness (QED) is 0.582. The molecule has 6 nitrogen and oxygen atoms in total. The molecule has 3 aromatic rings. The molecule has 1 saturated heterocycles. The van der Waals surface area contributed by atoms with Gasteiger partial charge in [0.2, 0.25) is 5.91 Å². The first-order chi connectivity index (χ1) is 15.0. The van der Waals surface area contributed by atoms with Gasteiger partial charge in [0.25, 0.3) is 5.91 Å². The molecule has 2 amide bonds. The van der Waals surface area contributed by atoms with Gasteiger partial charge in [-0.2, -0.15) is 0 Å². The van der Waals surface area contributed by atoms with E-state index in [0.29, 0.717) is 11.3 Å². The van der Waals surface area contributed by atoms with Gasteiger partial charge in [-0.25, -0.2) is 4.98 Å². The summed E-state index contributed by atoms with van der Waals surface area (Å²) in [6.07, 6.45) is 5.80. The third-order valence-electron chi connectivity index (χ3n) is 5.58. The van der Waals surface area contributed by atoms with Crippen molar-refractivity contribution in [2.24, 2.45) is 0 Å². The molecule has 4 rings (SSSR count). The number of imidazole rings is 1. The lowest BCUT2D eigenvalue weighted by molar-refractivity contribution is -0.113. The number of aryl methyl sites for hydroxylation is 1. The lowest BCUT2D eigenvalue weighted by Gasteiger charge is -2.15. The maximum absolute atomic E-state index is 12.5. The molecular formula is C24H26N4O2S. The maximum atomic E-state index is 12.5. The molecule has 2 aromatic carbocycles. The number of nitrogens with zero attached hydrogens (tertiary/aromatic N) is 3. The second-order valence-corrected chi connectivity index (χ2v) is 8.65. The van der Waals surface area contributed by atoms with Crippen molar-refractivity contribution < 1.29 is 9.59 Å². The summed E-state index contributed by atoms with van der Waals surface area (Å²) in [6.45, 7) is 5.82. The molecule has 1 N–H and O–H groups in total. The van der Waals surface area contributed by atoms with Gasteiger partial charge in [-0.15, -0.1) is 0 Å². The van der Waals surface area contributed by atoms with Crippen molar-refractivity contribution in [3.8, 4) is 5.69 Å². The van der Waals surface area contributed by atoms with Gasteiger partial charge in [-0.05, 0) is 68.1 Å². The van der Waals surface area contributed by atoms with Gasteiger partial charge in [0, 0.05) is 36.7 Å². The minimum atomic E-state index is -0.112. The third-order valence-corrected chi connectivity index (χ3v) is 6.55. The molecule has 0 saturated carbocycles. The van der Waals surface area contributed by atoms with Crippen LogP contribution in [0.5, 0.6) is 0 Å². The zero-order valence-corrected chi connectivity index (χ0v) is 18.6. The number of amides is 2. The summed E-state index contributed by atoms with van der Waals surface area (Å²) in [4.78, 5) is 31.2. The number of likely N-dealkylation sites (tertiary alicyclic amines) is 1. The predicted molar refractivity (Wildman–Crippen MR) is 124 cm³/mol. The van der Waals surface area contributed by atoms with Crippen LogP contribution in [0.3, 0.4) is 0 Å². The number of nitrogens with one attached hydrogen (secondary N) is 1. The van der Waals surface area contributed by atoms with Crippen molar-refractivity contribution in [3.05, 3.63) is 71.5 Å². The summed E-state index contributed by atoms with van der Waals surface area (Å²) in [6, 6.07) is 13.3. The van der Waals surface area contributed by atoms with Crippen LogP contribution in [0.15, 0.2) is 60.0 Å². The number of carbonyl (C=O) groups is 2. The van der Waals surface area contributed by atoms with E-state index < -0.39 is 0 Å². The summed E-state index contributed by atoms with van der Waals surface area (Å²) < 4.78 is 2.01. The van der Waals surface area contributed by atoms with E-state index in [-0.39, 0.29) is 17.6 Å². The van der Waals surface area contributed by atoms with E-state index in [1.54, 1.807) is 30.5 Å². The van der Waals surface area contributed by atoms with Crippen molar-refractivity contribution in [2.75, 3.05) is 24.2 Å². The zero-order valence-electron chi connectivity index (χ0n) is 17.8. The lowest BCUT2D eigenvalue weighted by Crippen LogP contribution is -2.27. The minimum absolute atomic E-state index is 0.0595. The van der Waals surface area contributed by atoms with Crippen LogP contribution in [-0.2, 0) is 4.79 Å².